The largest absolute Gasteiger partial charge is 0.206 e. The smallest absolute Gasteiger partial charge is 0.145 e. The summed E-state index contributed by atoms with van der Waals surface area (Å²) in [5, 5.41) is 1.08. The Kier molecular flexibility index (Phi) is 6.71. The van der Waals surface area contributed by atoms with Crippen LogP contribution in [0.25, 0.3) is 32.7 Å². The molecule has 0 atom stereocenters. The molecule has 5 heteroatoms. The van der Waals surface area contributed by atoms with Gasteiger partial charge in [0.15, 0.2) is 0 Å². The standard InChI is InChI=1S/C27H23ClF4/c1-2-3-4-5-6-7-16-8-10-20-19-11-9-17(18-13-24(30)26(28)25(31)14-18)12-21(19)23(29)15-22(20)27(16)32/h8-15H,2-7H2,1H3. The molecule has 0 aromatic heterocycles. The van der Waals surface area contributed by atoms with Gasteiger partial charge in [0.05, 0.1) is 0 Å². The first-order chi connectivity index (χ1) is 15.4. The van der Waals surface area contributed by atoms with E-state index in [2.05, 4.69) is 6.92 Å². The minimum atomic E-state index is -0.884. The molecule has 0 aliphatic carbocycles. The quantitative estimate of drug-likeness (QED) is 0.112. The number of benzene rings is 4. The van der Waals surface area contributed by atoms with Crippen molar-refractivity contribution in [1.29, 1.82) is 0 Å². The zero-order chi connectivity index (χ0) is 22.8. The lowest BCUT2D eigenvalue weighted by atomic mass is 9.94. The van der Waals surface area contributed by atoms with Crippen LogP contribution in [0.15, 0.2) is 48.5 Å². The van der Waals surface area contributed by atoms with Crippen molar-refractivity contribution in [3.8, 4) is 11.1 Å². The number of hydrogen-bond donors (Lipinski definition) is 0. The third kappa shape index (κ3) is 4.33. The maximum Gasteiger partial charge on any atom is 0.145 e. The van der Waals surface area contributed by atoms with Crippen molar-refractivity contribution >= 4 is 33.1 Å². The van der Waals surface area contributed by atoms with Gasteiger partial charge in [-0.25, -0.2) is 17.6 Å². The van der Waals surface area contributed by atoms with Gasteiger partial charge in [-0.3, -0.25) is 0 Å². The molecule has 4 aromatic carbocycles. The number of hydrogen-bond acceptors (Lipinski definition) is 0. The summed E-state index contributed by atoms with van der Waals surface area (Å²) in [7, 11) is 0. The fourth-order valence-electron chi connectivity index (χ4n) is 4.21. The molecule has 4 rings (SSSR count). The molecule has 0 spiro atoms. The van der Waals surface area contributed by atoms with Gasteiger partial charge in [-0.2, -0.15) is 0 Å². The number of aryl methyl sites for hydroxylation is 1. The fraction of sp³-hybridized carbons (Fsp3) is 0.259. The summed E-state index contributed by atoms with van der Waals surface area (Å²) in [6.07, 6.45) is 6.03. The van der Waals surface area contributed by atoms with E-state index in [0.29, 0.717) is 28.3 Å². The molecule has 0 radical (unpaired) electrons. The van der Waals surface area contributed by atoms with Crippen LogP contribution in [0.1, 0.15) is 44.6 Å². The third-order valence-electron chi connectivity index (χ3n) is 5.96. The number of fused-ring (bicyclic) bond motifs is 3. The van der Waals surface area contributed by atoms with Crippen LogP contribution >= 0.6 is 11.6 Å². The van der Waals surface area contributed by atoms with Gasteiger partial charge in [-0.05, 0) is 64.6 Å². The van der Waals surface area contributed by atoms with Gasteiger partial charge < -0.3 is 0 Å². The molecule has 0 amide bonds. The summed E-state index contributed by atoms with van der Waals surface area (Å²) >= 11 is 5.56. The summed E-state index contributed by atoms with van der Waals surface area (Å²) in [5.41, 5.74) is 1.28. The van der Waals surface area contributed by atoms with Gasteiger partial charge >= 0.3 is 0 Å². The van der Waals surface area contributed by atoms with Crippen LogP contribution in [0, 0.1) is 23.3 Å². The highest BCUT2D eigenvalue weighted by Gasteiger charge is 2.15. The second-order valence-corrected chi connectivity index (χ2v) is 8.55. The lowest BCUT2D eigenvalue weighted by molar-refractivity contribution is 0.585. The Morgan fingerprint density at radius 2 is 1.28 bits per heavy atom. The van der Waals surface area contributed by atoms with Crippen LogP contribution in [0.2, 0.25) is 5.02 Å². The van der Waals surface area contributed by atoms with E-state index in [1.807, 2.05) is 6.07 Å². The van der Waals surface area contributed by atoms with Crippen molar-refractivity contribution in [3.63, 3.8) is 0 Å². The molecule has 0 saturated carbocycles. The Labute approximate surface area is 189 Å². The van der Waals surface area contributed by atoms with Crippen molar-refractivity contribution in [2.45, 2.75) is 45.4 Å². The predicted molar refractivity (Wildman–Crippen MR) is 124 cm³/mol. The average Bonchev–Trinajstić information content (AvgIpc) is 2.78. The summed E-state index contributed by atoms with van der Waals surface area (Å²) < 4.78 is 57.9. The molecule has 0 bridgehead atoms. The first-order valence-electron chi connectivity index (χ1n) is 10.9. The normalized spacial score (nSPS) is 11.6. The van der Waals surface area contributed by atoms with E-state index in [0.717, 1.165) is 37.8 Å². The first-order valence-corrected chi connectivity index (χ1v) is 11.3. The Hall–Kier alpha value is -2.59. The highest BCUT2D eigenvalue weighted by atomic mass is 35.5. The Morgan fingerprint density at radius 1 is 0.625 bits per heavy atom. The molecule has 0 N–H and O–H groups in total. The van der Waals surface area contributed by atoms with Crippen molar-refractivity contribution < 1.29 is 17.6 Å². The van der Waals surface area contributed by atoms with Crippen LogP contribution in [0.4, 0.5) is 17.6 Å². The van der Waals surface area contributed by atoms with Crippen molar-refractivity contribution in [1.82, 2.24) is 0 Å². The maximum absolute atomic E-state index is 15.2. The molecule has 0 saturated heterocycles. The molecule has 0 unspecified atom stereocenters. The van der Waals surface area contributed by atoms with Crippen molar-refractivity contribution in [3.05, 3.63) is 82.4 Å². The van der Waals surface area contributed by atoms with Crippen LogP contribution in [0.5, 0.6) is 0 Å². The molecule has 0 aliphatic rings. The van der Waals surface area contributed by atoms with E-state index in [4.69, 9.17) is 11.6 Å². The van der Waals surface area contributed by atoms with Crippen LogP contribution in [-0.2, 0) is 6.42 Å². The molecule has 0 fully saturated rings. The SMILES string of the molecule is CCCCCCCc1ccc2c(cc(F)c3cc(-c4cc(F)c(Cl)c(F)c4)ccc32)c1F. The van der Waals surface area contributed by atoms with E-state index in [-0.39, 0.29) is 22.2 Å². The Balaban J connectivity index is 1.73. The summed E-state index contributed by atoms with van der Waals surface area (Å²) in [4.78, 5) is 0. The summed E-state index contributed by atoms with van der Waals surface area (Å²) in [6, 6.07) is 11.8. The van der Waals surface area contributed by atoms with E-state index in [1.165, 1.54) is 18.6 Å². The molecule has 4 aromatic rings. The van der Waals surface area contributed by atoms with Gasteiger partial charge in [-0.1, -0.05) is 68.5 Å². The highest BCUT2D eigenvalue weighted by Crippen LogP contribution is 2.35. The molecule has 0 aliphatic heterocycles. The number of rotatable bonds is 7. The second-order valence-electron chi connectivity index (χ2n) is 8.17. The average molecular weight is 459 g/mol. The first kappa shape index (κ1) is 22.6. The van der Waals surface area contributed by atoms with E-state index >= 15 is 8.78 Å². The molecule has 0 heterocycles. The molecule has 0 nitrogen and oxygen atoms in total. The molecular formula is C27H23ClF4. The Bertz CT molecular complexity index is 1270. The second kappa shape index (κ2) is 9.50. The van der Waals surface area contributed by atoms with Crippen LogP contribution < -0.4 is 0 Å². The Morgan fingerprint density at radius 3 is 2.00 bits per heavy atom. The molecule has 32 heavy (non-hydrogen) atoms. The summed E-state index contributed by atoms with van der Waals surface area (Å²) in [6.45, 7) is 2.15. The topological polar surface area (TPSA) is 0 Å². The van der Waals surface area contributed by atoms with Gasteiger partial charge in [0.2, 0.25) is 0 Å². The molecule has 166 valence electrons. The monoisotopic (exact) mass is 458 g/mol. The minimum Gasteiger partial charge on any atom is -0.206 e. The van der Waals surface area contributed by atoms with Gasteiger partial charge in [0.25, 0.3) is 0 Å². The van der Waals surface area contributed by atoms with E-state index in [9.17, 15) is 8.78 Å². The lowest BCUT2D eigenvalue weighted by Gasteiger charge is -2.12. The van der Waals surface area contributed by atoms with Gasteiger partial charge in [0.1, 0.15) is 28.3 Å². The zero-order valence-corrected chi connectivity index (χ0v) is 18.5. The van der Waals surface area contributed by atoms with E-state index in [1.54, 1.807) is 18.2 Å². The maximum atomic E-state index is 15.2. The zero-order valence-electron chi connectivity index (χ0n) is 17.8. The van der Waals surface area contributed by atoms with E-state index < -0.39 is 22.5 Å². The number of halogens is 5. The summed E-state index contributed by atoms with van der Waals surface area (Å²) in [5.74, 6) is -2.73. The lowest BCUT2D eigenvalue weighted by Crippen LogP contribution is -1.95. The van der Waals surface area contributed by atoms with Crippen LogP contribution in [0.3, 0.4) is 0 Å². The predicted octanol–water partition coefficient (Wildman–Crippen LogP) is 9.38. The highest BCUT2D eigenvalue weighted by molar-refractivity contribution is 6.31. The van der Waals surface area contributed by atoms with Crippen molar-refractivity contribution in [2.24, 2.45) is 0 Å². The van der Waals surface area contributed by atoms with Gasteiger partial charge in [0, 0.05) is 10.8 Å². The fourth-order valence-corrected chi connectivity index (χ4v) is 4.32. The van der Waals surface area contributed by atoms with Crippen LogP contribution in [-0.4, -0.2) is 0 Å². The minimum absolute atomic E-state index is 0.246. The van der Waals surface area contributed by atoms with Crippen molar-refractivity contribution in [2.75, 3.05) is 0 Å². The third-order valence-corrected chi connectivity index (χ3v) is 6.33. The number of unbranched alkanes of at least 4 members (excludes halogenated alkanes) is 4. The van der Waals surface area contributed by atoms with Gasteiger partial charge in [-0.15, -0.1) is 0 Å². The molecular weight excluding hydrogens is 436 g/mol.